The Hall–Kier alpha value is -3.48. The lowest BCUT2D eigenvalue weighted by molar-refractivity contribution is 0.00892. The third-order valence-electron chi connectivity index (χ3n) is 11.2. The molecular weight excluding hydrogens is 636 g/mol. The first-order valence-corrected chi connectivity index (χ1v) is 16.8. The summed E-state index contributed by atoms with van der Waals surface area (Å²) in [5.74, 6) is -5.51. The summed E-state index contributed by atoms with van der Waals surface area (Å²) in [5.41, 5.74) is 0.0900. The number of phenols is 1. The standard InChI is InChI=1S/C34H33ClF4N6O2/c35-26-21(36)7-6-18-14-19(46)15-20(24(18)26)28-27(37)29-25-22(40-28)4-1-5-23-34(39)11-10-33(38,43-34)16-45(23)30(25)42-31(41-29)47-17-32-8-2-12-44(32)13-3-9-32/h6-7,14-15,23,43,46H,1-5,8-13,16-17H2/t23-,33-,34+/m1/s1. The number of hydrogen-bond donors (Lipinski definition) is 2. The molecule has 246 valence electrons. The fraction of sp³-hybridized carbons (Fsp3) is 0.500. The summed E-state index contributed by atoms with van der Waals surface area (Å²) >= 11 is 6.43. The summed E-state index contributed by atoms with van der Waals surface area (Å²) < 4.78 is 70.4. The van der Waals surface area contributed by atoms with E-state index in [1.165, 1.54) is 24.3 Å². The molecule has 2 aromatic heterocycles. The van der Waals surface area contributed by atoms with Crippen molar-refractivity contribution in [2.24, 2.45) is 0 Å². The number of aromatic nitrogens is 3. The van der Waals surface area contributed by atoms with Gasteiger partial charge in [0.1, 0.15) is 35.2 Å². The van der Waals surface area contributed by atoms with Gasteiger partial charge in [0.2, 0.25) is 0 Å². The molecule has 0 saturated carbocycles. The second-order valence-corrected chi connectivity index (χ2v) is 14.3. The quantitative estimate of drug-likeness (QED) is 0.183. The molecule has 7 heterocycles. The zero-order valence-electron chi connectivity index (χ0n) is 25.6. The minimum Gasteiger partial charge on any atom is -0.508 e. The van der Waals surface area contributed by atoms with Crippen LogP contribution in [-0.2, 0) is 6.42 Å². The normalized spacial score (nSPS) is 28.0. The molecule has 0 spiro atoms. The van der Waals surface area contributed by atoms with E-state index in [4.69, 9.17) is 26.3 Å². The topological polar surface area (TPSA) is 86.6 Å². The van der Waals surface area contributed by atoms with Gasteiger partial charge in [-0.1, -0.05) is 17.7 Å². The summed E-state index contributed by atoms with van der Waals surface area (Å²) in [5, 5.41) is 13.8. The van der Waals surface area contributed by atoms with Crippen LogP contribution in [-0.4, -0.2) is 74.4 Å². The fourth-order valence-electron chi connectivity index (χ4n) is 9.01. The number of pyridine rings is 1. The van der Waals surface area contributed by atoms with Gasteiger partial charge >= 0.3 is 6.01 Å². The number of fused-ring (bicyclic) bond motifs is 7. The molecule has 5 aliphatic heterocycles. The summed E-state index contributed by atoms with van der Waals surface area (Å²) in [6.07, 6.45) is 5.26. The molecule has 47 heavy (non-hydrogen) atoms. The number of anilines is 1. The molecule has 8 nitrogen and oxygen atoms in total. The van der Waals surface area contributed by atoms with Crippen LogP contribution in [0.25, 0.3) is 32.9 Å². The highest BCUT2D eigenvalue weighted by atomic mass is 35.5. The van der Waals surface area contributed by atoms with Crippen molar-refractivity contribution < 1.29 is 27.4 Å². The molecule has 9 rings (SSSR count). The molecule has 0 aliphatic carbocycles. The van der Waals surface area contributed by atoms with Crippen LogP contribution in [0.2, 0.25) is 5.02 Å². The highest BCUT2D eigenvalue weighted by Crippen LogP contribution is 2.49. The molecular formula is C34H33ClF4N6O2. The van der Waals surface area contributed by atoms with E-state index in [0.29, 0.717) is 36.9 Å². The van der Waals surface area contributed by atoms with Crippen LogP contribution in [0.4, 0.5) is 23.4 Å². The Kier molecular flexibility index (Phi) is 6.47. The number of ether oxygens (including phenoxy) is 1. The molecule has 2 N–H and O–H groups in total. The van der Waals surface area contributed by atoms with Crippen molar-refractivity contribution in [3.63, 3.8) is 0 Å². The molecule has 3 atom stereocenters. The van der Waals surface area contributed by atoms with Crippen molar-refractivity contribution in [3.8, 4) is 23.0 Å². The van der Waals surface area contributed by atoms with Crippen molar-refractivity contribution in [2.45, 2.75) is 81.0 Å². The maximum absolute atomic E-state index is 17.1. The number of alkyl halides is 2. The molecule has 0 unspecified atom stereocenters. The highest BCUT2D eigenvalue weighted by molar-refractivity contribution is 6.37. The number of aromatic hydroxyl groups is 1. The fourth-order valence-corrected chi connectivity index (χ4v) is 9.28. The van der Waals surface area contributed by atoms with E-state index in [1.54, 1.807) is 4.90 Å². The van der Waals surface area contributed by atoms with Gasteiger partial charge in [-0.3, -0.25) is 4.90 Å². The van der Waals surface area contributed by atoms with Gasteiger partial charge in [-0.25, -0.2) is 27.9 Å². The van der Waals surface area contributed by atoms with Crippen molar-refractivity contribution >= 4 is 39.1 Å². The van der Waals surface area contributed by atoms with Crippen LogP contribution in [0.5, 0.6) is 11.8 Å². The van der Waals surface area contributed by atoms with Gasteiger partial charge in [-0.05, 0) is 81.6 Å². The van der Waals surface area contributed by atoms with Crippen molar-refractivity contribution in [1.82, 2.24) is 25.2 Å². The Labute approximate surface area is 273 Å². The van der Waals surface area contributed by atoms with Gasteiger partial charge in [0.25, 0.3) is 0 Å². The third-order valence-corrected chi connectivity index (χ3v) is 11.5. The largest absolute Gasteiger partial charge is 0.508 e. The van der Waals surface area contributed by atoms with Crippen LogP contribution >= 0.6 is 11.6 Å². The van der Waals surface area contributed by atoms with Crippen LogP contribution in [0.3, 0.4) is 0 Å². The van der Waals surface area contributed by atoms with E-state index in [2.05, 4.69) is 15.2 Å². The number of halogens is 5. The number of nitrogens with zero attached hydrogens (tertiary/aromatic N) is 5. The molecule has 2 bridgehead atoms. The number of benzene rings is 2. The second kappa shape index (κ2) is 10.3. The number of aryl methyl sites for hydroxylation is 1. The summed E-state index contributed by atoms with van der Waals surface area (Å²) in [4.78, 5) is 18.2. The van der Waals surface area contributed by atoms with E-state index in [0.717, 1.165) is 38.8 Å². The third kappa shape index (κ3) is 4.43. The zero-order chi connectivity index (χ0) is 32.3. The Bertz CT molecular complexity index is 1970. The Balaban J connectivity index is 1.27. The number of nitrogens with one attached hydrogen (secondary N) is 1. The minimum absolute atomic E-state index is 0.00668. The summed E-state index contributed by atoms with van der Waals surface area (Å²) in [7, 11) is 0. The van der Waals surface area contributed by atoms with Crippen molar-refractivity contribution in [3.05, 3.63) is 46.6 Å². The van der Waals surface area contributed by atoms with E-state index < -0.39 is 29.3 Å². The predicted octanol–water partition coefficient (Wildman–Crippen LogP) is 6.73. The number of piperazine rings is 1. The second-order valence-electron chi connectivity index (χ2n) is 13.9. The number of rotatable bonds is 4. The van der Waals surface area contributed by atoms with E-state index in [9.17, 15) is 9.50 Å². The van der Waals surface area contributed by atoms with Crippen LogP contribution in [0.15, 0.2) is 24.3 Å². The monoisotopic (exact) mass is 668 g/mol. The lowest BCUT2D eigenvalue weighted by atomic mass is 9.92. The molecule has 4 aromatic rings. The van der Waals surface area contributed by atoms with Gasteiger partial charge in [0.05, 0.1) is 34.2 Å². The Morgan fingerprint density at radius 2 is 1.81 bits per heavy atom. The molecule has 5 aliphatic rings. The Morgan fingerprint density at radius 1 is 1.00 bits per heavy atom. The van der Waals surface area contributed by atoms with E-state index in [1.807, 2.05) is 0 Å². The first-order chi connectivity index (χ1) is 22.6. The van der Waals surface area contributed by atoms with Gasteiger partial charge in [0.15, 0.2) is 17.4 Å². The van der Waals surface area contributed by atoms with E-state index in [-0.39, 0.29) is 75.1 Å². The molecule has 4 fully saturated rings. The van der Waals surface area contributed by atoms with Crippen molar-refractivity contribution in [2.75, 3.05) is 31.1 Å². The molecule has 13 heteroatoms. The first kappa shape index (κ1) is 29.6. The van der Waals surface area contributed by atoms with Gasteiger partial charge in [-0.15, -0.1) is 0 Å². The first-order valence-electron chi connectivity index (χ1n) is 16.4. The zero-order valence-corrected chi connectivity index (χ0v) is 26.3. The van der Waals surface area contributed by atoms with Crippen LogP contribution in [0.1, 0.15) is 57.1 Å². The lowest BCUT2D eigenvalue weighted by Crippen LogP contribution is -2.68. The number of hydrogen-bond acceptors (Lipinski definition) is 8. The average Bonchev–Trinajstić information content (AvgIpc) is 3.69. The average molecular weight is 669 g/mol. The summed E-state index contributed by atoms with van der Waals surface area (Å²) in [6.45, 7) is 2.10. The summed E-state index contributed by atoms with van der Waals surface area (Å²) in [6, 6.07) is 4.53. The number of phenolic OH excluding ortho intramolecular Hbond substituents is 1. The lowest BCUT2D eigenvalue weighted by Gasteiger charge is -2.47. The minimum atomic E-state index is -1.98. The smallest absolute Gasteiger partial charge is 0.319 e. The highest BCUT2D eigenvalue weighted by Gasteiger charge is 2.60. The van der Waals surface area contributed by atoms with Crippen molar-refractivity contribution in [1.29, 1.82) is 0 Å². The molecule has 2 aromatic carbocycles. The maximum Gasteiger partial charge on any atom is 0.319 e. The predicted molar refractivity (Wildman–Crippen MR) is 169 cm³/mol. The van der Waals surface area contributed by atoms with Gasteiger partial charge < -0.3 is 14.7 Å². The van der Waals surface area contributed by atoms with E-state index >= 15 is 13.2 Å². The van der Waals surface area contributed by atoms with Gasteiger partial charge in [0, 0.05) is 23.8 Å². The van der Waals surface area contributed by atoms with Crippen LogP contribution in [0, 0.1) is 11.6 Å². The SMILES string of the molecule is Oc1cc(-c2nc3c4c(nc(OCC56CCCN5CCC6)nc4c2F)N2C[C@@]4(F)CC[C@](F)(N4)[C@H]2CCC3)c2c(Cl)c(F)ccc2c1. The van der Waals surface area contributed by atoms with Crippen LogP contribution < -0.4 is 15.0 Å². The molecule has 4 saturated heterocycles. The Morgan fingerprint density at radius 3 is 2.62 bits per heavy atom. The molecule has 0 radical (unpaired) electrons. The van der Waals surface area contributed by atoms with Gasteiger partial charge in [-0.2, -0.15) is 9.97 Å². The molecule has 0 amide bonds. The maximum atomic E-state index is 17.1.